The fourth-order valence-corrected chi connectivity index (χ4v) is 3.11. The van der Waals surface area contributed by atoms with Crippen LogP contribution in [0.25, 0.3) is 0 Å². The number of halogens is 2. The second kappa shape index (κ2) is 5.40. The highest BCUT2D eigenvalue weighted by Crippen LogP contribution is 2.22. The maximum absolute atomic E-state index is 13.5. The molecule has 0 saturated carbocycles. The fourth-order valence-electron chi connectivity index (χ4n) is 1.88. The monoisotopic (exact) mass is 292 g/mol. The SMILES string of the molecule is Nc1cc(F)c(S(=O)(=O)NCC2CCOC2)c(F)c1. The number of ether oxygens (including phenoxy) is 1. The molecule has 2 rings (SSSR count). The molecule has 1 unspecified atom stereocenters. The van der Waals surface area contributed by atoms with Crippen LogP contribution < -0.4 is 10.5 Å². The normalized spacial score (nSPS) is 19.8. The van der Waals surface area contributed by atoms with Gasteiger partial charge in [0.05, 0.1) is 6.61 Å². The van der Waals surface area contributed by atoms with E-state index in [0.29, 0.717) is 13.2 Å². The van der Waals surface area contributed by atoms with Gasteiger partial charge in [-0.1, -0.05) is 0 Å². The molecule has 106 valence electrons. The molecule has 1 aromatic rings. The number of nitrogens with two attached hydrogens (primary N) is 1. The number of hydrogen-bond donors (Lipinski definition) is 2. The lowest BCUT2D eigenvalue weighted by molar-refractivity contribution is 0.186. The van der Waals surface area contributed by atoms with Crippen molar-refractivity contribution in [1.82, 2.24) is 4.72 Å². The molecule has 1 fully saturated rings. The Hall–Kier alpha value is -1.25. The van der Waals surface area contributed by atoms with E-state index >= 15 is 0 Å². The number of rotatable bonds is 4. The van der Waals surface area contributed by atoms with Crippen LogP contribution in [-0.4, -0.2) is 28.2 Å². The van der Waals surface area contributed by atoms with Crippen molar-refractivity contribution in [2.45, 2.75) is 11.3 Å². The number of benzene rings is 1. The summed E-state index contributed by atoms with van der Waals surface area (Å²) >= 11 is 0. The summed E-state index contributed by atoms with van der Waals surface area (Å²) in [5.41, 5.74) is 5.06. The number of hydrogen-bond acceptors (Lipinski definition) is 4. The van der Waals surface area contributed by atoms with E-state index in [1.165, 1.54) is 0 Å². The molecule has 3 N–H and O–H groups in total. The fraction of sp³-hybridized carbons (Fsp3) is 0.455. The number of anilines is 1. The molecule has 1 aliphatic rings. The summed E-state index contributed by atoms with van der Waals surface area (Å²) in [5.74, 6) is -2.38. The smallest absolute Gasteiger partial charge is 0.246 e. The van der Waals surface area contributed by atoms with Gasteiger partial charge in [-0.3, -0.25) is 0 Å². The summed E-state index contributed by atoms with van der Waals surface area (Å²) in [6, 6.07) is 1.55. The summed E-state index contributed by atoms with van der Waals surface area (Å²) < 4.78 is 58.1. The molecule has 1 saturated heterocycles. The lowest BCUT2D eigenvalue weighted by Gasteiger charge is -2.11. The van der Waals surface area contributed by atoms with Crippen LogP contribution in [0.2, 0.25) is 0 Å². The minimum absolute atomic E-state index is 0.0229. The zero-order valence-electron chi connectivity index (χ0n) is 10.0. The van der Waals surface area contributed by atoms with E-state index in [0.717, 1.165) is 18.6 Å². The Morgan fingerprint density at radius 2 is 2.00 bits per heavy atom. The van der Waals surface area contributed by atoms with Gasteiger partial charge < -0.3 is 10.5 Å². The molecular formula is C11H14F2N2O3S. The summed E-state index contributed by atoms with van der Waals surface area (Å²) in [7, 11) is -4.24. The van der Waals surface area contributed by atoms with Crippen LogP contribution in [0.5, 0.6) is 0 Å². The van der Waals surface area contributed by atoms with Crippen molar-refractivity contribution in [3.8, 4) is 0 Å². The van der Waals surface area contributed by atoms with Gasteiger partial charge >= 0.3 is 0 Å². The van der Waals surface area contributed by atoms with Crippen molar-refractivity contribution in [2.75, 3.05) is 25.5 Å². The van der Waals surface area contributed by atoms with Crippen molar-refractivity contribution in [3.63, 3.8) is 0 Å². The lowest BCUT2D eigenvalue weighted by Crippen LogP contribution is -2.31. The summed E-state index contributed by atoms with van der Waals surface area (Å²) in [5, 5.41) is 0. The van der Waals surface area contributed by atoms with E-state index in [9.17, 15) is 17.2 Å². The molecule has 1 heterocycles. The van der Waals surface area contributed by atoms with Gasteiger partial charge in [-0.15, -0.1) is 0 Å². The summed E-state index contributed by atoms with van der Waals surface area (Å²) in [6.45, 7) is 1.10. The van der Waals surface area contributed by atoms with E-state index < -0.39 is 26.6 Å². The lowest BCUT2D eigenvalue weighted by atomic mass is 10.1. The van der Waals surface area contributed by atoms with Crippen LogP contribution in [0, 0.1) is 17.6 Å². The quantitative estimate of drug-likeness (QED) is 0.807. The molecule has 0 spiro atoms. The van der Waals surface area contributed by atoms with Gasteiger partial charge in [-0.05, 0) is 24.5 Å². The Morgan fingerprint density at radius 1 is 1.37 bits per heavy atom. The average molecular weight is 292 g/mol. The van der Waals surface area contributed by atoms with Crippen molar-refractivity contribution in [3.05, 3.63) is 23.8 Å². The molecule has 1 aliphatic heterocycles. The van der Waals surface area contributed by atoms with E-state index in [4.69, 9.17) is 10.5 Å². The van der Waals surface area contributed by atoms with Crippen LogP contribution in [0.1, 0.15) is 6.42 Å². The van der Waals surface area contributed by atoms with E-state index in [-0.39, 0.29) is 18.2 Å². The first-order valence-corrected chi connectivity index (χ1v) is 7.20. The third-order valence-electron chi connectivity index (χ3n) is 2.88. The predicted octanol–water partition coefficient (Wildman–Crippen LogP) is 0.862. The van der Waals surface area contributed by atoms with Gasteiger partial charge in [0.15, 0.2) is 4.90 Å². The Bertz CT molecular complexity index is 548. The number of nitrogen functional groups attached to an aromatic ring is 1. The van der Waals surface area contributed by atoms with Crippen molar-refractivity contribution in [2.24, 2.45) is 5.92 Å². The Labute approximate surface area is 109 Å². The molecule has 0 aromatic heterocycles. The van der Waals surface area contributed by atoms with Gasteiger partial charge in [-0.25, -0.2) is 21.9 Å². The van der Waals surface area contributed by atoms with Gasteiger partial charge in [-0.2, -0.15) is 0 Å². The molecule has 0 radical (unpaired) electrons. The van der Waals surface area contributed by atoms with Gasteiger partial charge in [0.2, 0.25) is 10.0 Å². The Morgan fingerprint density at radius 3 is 2.53 bits per heavy atom. The largest absolute Gasteiger partial charge is 0.399 e. The first-order chi connectivity index (χ1) is 8.90. The van der Waals surface area contributed by atoms with Crippen LogP contribution >= 0.6 is 0 Å². The van der Waals surface area contributed by atoms with Crippen LogP contribution in [0.4, 0.5) is 14.5 Å². The molecule has 1 atom stereocenters. The molecular weight excluding hydrogens is 278 g/mol. The average Bonchev–Trinajstić information content (AvgIpc) is 2.77. The molecule has 19 heavy (non-hydrogen) atoms. The van der Waals surface area contributed by atoms with Gasteiger partial charge in [0.1, 0.15) is 11.6 Å². The molecule has 0 bridgehead atoms. The Kier molecular flexibility index (Phi) is 4.02. The summed E-state index contributed by atoms with van der Waals surface area (Å²) in [4.78, 5) is -0.999. The van der Waals surface area contributed by atoms with Crippen molar-refractivity contribution >= 4 is 15.7 Å². The minimum Gasteiger partial charge on any atom is -0.399 e. The zero-order chi connectivity index (χ0) is 14.0. The van der Waals surface area contributed by atoms with E-state index in [1.807, 2.05) is 0 Å². The van der Waals surface area contributed by atoms with Crippen molar-refractivity contribution < 1.29 is 21.9 Å². The Balaban J connectivity index is 2.19. The zero-order valence-corrected chi connectivity index (χ0v) is 10.8. The highest BCUT2D eigenvalue weighted by atomic mass is 32.2. The molecule has 5 nitrogen and oxygen atoms in total. The van der Waals surface area contributed by atoms with Crippen LogP contribution in [0.15, 0.2) is 17.0 Å². The van der Waals surface area contributed by atoms with Gasteiger partial charge in [0, 0.05) is 18.8 Å². The third-order valence-corrected chi connectivity index (χ3v) is 4.35. The molecule has 1 aromatic carbocycles. The summed E-state index contributed by atoms with van der Waals surface area (Å²) in [6.07, 6.45) is 0.717. The molecule has 0 amide bonds. The number of sulfonamides is 1. The van der Waals surface area contributed by atoms with E-state index in [1.54, 1.807) is 0 Å². The minimum atomic E-state index is -4.24. The predicted molar refractivity (Wildman–Crippen MR) is 64.9 cm³/mol. The van der Waals surface area contributed by atoms with Gasteiger partial charge in [0.25, 0.3) is 0 Å². The van der Waals surface area contributed by atoms with Crippen LogP contribution in [-0.2, 0) is 14.8 Å². The van der Waals surface area contributed by atoms with Crippen LogP contribution in [0.3, 0.4) is 0 Å². The molecule has 8 heteroatoms. The highest BCUT2D eigenvalue weighted by molar-refractivity contribution is 7.89. The number of nitrogens with one attached hydrogen (secondary N) is 1. The van der Waals surface area contributed by atoms with Crippen molar-refractivity contribution in [1.29, 1.82) is 0 Å². The standard InChI is InChI=1S/C11H14F2N2O3S/c12-9-3-8(14)4-10(13)11(9)19(16,17)15-5-7-1-2-18-6-7/h3-4,7,15H,1-2,5-6,14H2. The highest BCUT2D eigenvalue weighted by Gasteiger charge is 2.26. The first kappa shape index (κ1) is 14.2. The maximum atomic E-state index is 13.5. The third kappa shape index (κ3) is 3.20. The van der Waals surface area contributed by atoms with E-state index in [2.05, 4.69) is 4.72 Å². The second-order valence-corrected chi connectivity index (χ2v) is 6.10. The topological polar surface area (TPSA) is 81.4 Å². The molecule has 0 aliphatic carbocycles. The first-order valence-electron chi connectivity index (χ1n) is 5.72. The maximum Gasteiger partial charge on any atom is 0.246 e. The second-order valence-electron chi connectivity index (χ2n) is 4.40.